The Balaban J connectivity index is 2.49. The second kappa shape index (κ2) is 7.13. The molecule has 2 N–H and O–H groups in total. The van der Waals surface area contributed by atoms with E-state index in [0.717, 1.165) is 15.6 Å². The van der Waals surface area contributed by atoms with Gasteiger partial charge in [-0.05, 0) is 30.2 Å². The third kappa shape index (κ3) is 5.30. The van der Waals surface area contributed by atoms with E-state index in [1.165, 1.54) is 4.90 Å². The number of carboxylic acids is 1. The SMILES string of the molecule is Cc1ccc(Br)cc1CNC(=O)N(C)CCC(=O)O. The Labute approximate surface area is 120 Å². The van der Waals surface area contributed by atoms with Crippen LogP contribution in [0.5, 0.6) is 0 Å². The smallest absolute Gasteiger partial charge is 0.317 e. The second-order valence-corrected chi connectivity index (χ2v) is 5.21. The fourth-order valence-electron chi connectivity index (χ4n) is 1.50. The lowest BCUT2D eigenvalue weighted by molar-refractivity contribution is -0.137. The fourth-order valence-corrected chi connectivity index (χ4v) is 1.91. The summed E-state index contributed by atoms with van der Waals surface area (Å²) < 4.78 is 0.960. The maximum absolute atomic E-state index is 11.7. The first-order chi connectivity index (χ1) is 8.90. The Morgan fingerprint density at radius 1 is 1.42 bits per heavy atom. The van der Waals surface area contributed by atoms with Gasteiger partial charge in [0.05, 0.1) is 6.42 Å². The monoisotopic (exact) mass is 328 g/mol. The van der Waals surface area contributed by atoms with Gasteiger partial charge in [0.2, 0.25) is 0 Å². The van der Waals surface area contributed by atoms with Crippen molar-refractivity contribution in [3.63, 3.8) is 0 Å². The third-order valence-electron chi connectivity index (χ3n) is 2.75. The van der Waals surface area contributed by atoms with Gasteiger partial charge >= 0.3 is 12.0 Å². The van der Waals surface area contributed by atoms with Crippen molar-refractivity contribution in [3.8, 4) is 0 Å². The predicted molar refractivity (Wildman–Crippen MR) is 76.0 cm³/mol. The summed E-state index contributed by atoms with van der Waals surface area (Å²) in [5.41, 5.74) is 2.12. The lowest BCUT2D eigenvalue weighted by Crippen LogP contribution is -2.38. The van der Waals surface area contributed by atoms with Gasteiger partial charge < -0.3 is 15.3 Å². The largest absolute Gasteiger partial charge is 0.481 e. The van der Waals surface area contributed by atoms with E-state index < -0.39 is 5.97 Å². The summed E-state index contributed by atoms with van der Waals surface area (Å²) in [7, 11) is 1.58. The summed E-state index contributed by atoms with van der Waals surface area (Å²) in [5, 5.41) is 11.3. The minimum atomic E-state index is -0.914. The Bertz CT molecular complexity index is 477. The van der Waals surface area contributed by atoms with Crippen LogP contribution in [0, 0.1) is 6.92 Å². The Hall–Kier alpha value is -1.56. The van der Waals surface area contributed by atoms with E-state index in [1.807, 2.05) is 25.1 Å². The summed E-state index contributed by atoms with van der Waals surface area (Å²) in [6.07, 6.45) is -0.0557. The number of halogens is 1. The predicted octanol–water partition coefficient (Wildman–Crippen LogP) is 2.37. The molecule has 1 aromatic carbocycles. The first kappa shape index (κ1) is 15.5. The fraction of sp³-hybridized carbons (Fsp3) is 0.385. The number of hydrogen-bond donors (Lipinski definition) is 2. The Morgan fingerprint density at radius 2 is 2.11 bits per heavy atom. The number of benzene rings is 1. The van der Waals surface area contributed by atoms with Crippen LogP contribution in [0.25, 0.3) is 0 Å². The van der Waals surface area contributed by atoms with Crippen molar-refractivity contribution in [3.05, 3.63) is 33.8 Å². The van der Waals surface area contributed by atoms with E-state index in [1.54, 1.807) is 7.05 Å². The third-order valence-corrected chi connectivity index (χ3v) is 3.24. The summed E-state index contributed by atoms with van der Waals surface area (Å²) in [4.78, 5) is 23.5. The van der Waals surface area contributed by atoms with Crippen molar-refractivity contribution in [2.24, 2.45) is 0 Å². The highest BCUT2D eigenvalue weighted by atomic mass is 79.9. The number of aryl methyl sites for hydroxylation is 1. The number of carbonyl (C=O) groups excluding carboxylic acids is 1. The number of carbonyl (C=O) groups is 2. The summed E-state index contributed by atoms with van der Waals surface area (Å²) in [5.74, 6) is -0.914. The topological polar surface area (TPSA) is 69.6 Å². The van der Waals surface area contributed by atoms with Gasteiger partial charge in [0.1, 0.15) is 0 Å². The number of nitrogens with zero attached hydrogens (tertiary/aromatic N) is 1. The zero-order chi connectivity index (χ0) is 14.4. The highest BCUT2D eigenvalue weighted by Gasteiger charge is 2.10. The number of rotatable bonds is 5. The maximum Gasteiger partial charge on any atom is 0.317 e. The molecule has 0 saturated heterocycles. The van der Waals surface area contributed by atoms with E-state index in [0.29, 0.717) is 6.54 Å². The van der Waals surface area contributed by atoms with Crippen LogP contribution in [-0.4, -0.2) is 35.6 Å². The van der Waals surface area contributed by atoms with Crippen molar-refractivity contribution < 1.29 is 14.7 Å². The molecule has 0 spiro atoms. The standard InChI is InChI=1S/C13H17BrN2O3/c1-9-3-4-11(14)7-10(9)8-15-13(19)16(2)6-5-12(17)18/h3-4,7H,5-6,8H2,1-2H3,(H,15,19)(H,17,18). The molecule has 0 aliphatic carbocycles. The van der Waals surface area contributed by atoms with E-state index in [2.05, 4.69) is 21.2 Å². The van der Waals surface area contributed by atoms with E-state index in [-0.39, 0.29) is 19.0 Å². The Morgan fingerprint density at radius 3 is 2.74 bits per heavy atom. The van der Waals surface area contributed by atoms with Crippen molar-refractivity contribution in [2.75, 3.05) is 13.6 Å². The molecule has 1 rings (SSSR count). The molecule has 0 aromatic heterocycles. The van der Waals surface area contributed by atoms with Gasteiger partial charge in [-0.1, -0.05) is 22.0 Å². The average Bonchev–Trinajstić information content (AvgIpc) is 2.36. The maximum atomic E-state index is 11.7. The second-order valence-electron chi connectivity index (χ2n) is 4.29. The van der Waals surface area contributed by atoms with Gasteiger partial charge in [-0.2, -0.15) is 0 Å². The minimum absolute atomic E-state index is 0.0557. The molecule has 0 aliphatic rings. The molecular weight excluding hydrogens is 312 g/mol. The summed E-state index contributed by atoms with van der Waals surface area (Å²) in [6.45, 7) is 2.59. The van der Waals surface area contributed by atoms with Gasteiger partial charge in [0.15, 0.2) is 0 Å². The molecule has 0 heterocycles. The summed E-state index contributed by atoms with van der Waals surface area (Å²) >= 11 is 3.38. The van der Waals surface area contributed by atoms with Crippen LogP contribution in [0.4, 0.5) is 4.79 Å². The number of aliphatic carboxylic acids is 1. The number of nitrogens with one attached hydrogen (secondary N) is 1. The number of hydrogen-bond acceptors (Lipinski definition) is 2. The minimum Gasteiger partial charge on any atom is -0.481 e. The summed E-state index contributed by atoms with van der Waals surface area (Å²) in [6, 6.07) is 5.59. The van der Waals surface area contributed by atoms with E-state index in [9.17, 15) is 9.59 Å². The zero-order valence-electron chi connectivity index (χ0n) is 10.9. The lowest BCUT2D eigenvalue weighted by atomic mass is 10.1. The van der Waals surface area contributed by atoms with Crippen LogP contribution in [0.15, 0.2) is 22.7 Å². The highest BCUT2D eigenvalue weighted by molar-refractivity contribution is 9.10. The normalized spacial score (nSPS) is 10.1. The molecule has 0 saturated carbocycles. The highest BCUT2D eigenvalue weighted by Crippen LogP contribution is 2.15. The molecule has 0 atom stereocenters. The molecule has 104 valence electrons. The number of carboxylic acid groups (broad SMARTS) is 1. The first-order valence-electron chi connectivity index (χ1n) is 5.86. The van der Waals surface area contributed by atoms with Crippen LogP contribution < -0.4 is 5.32 Å². The molecule has 0 radical (unpaired) electrons. The number of amides is 2. The van der Waals surface area contributed by atoms with Gasteiger partial charge in [-0.25, -0.2) is 4.79 Å². The van der Waals surface area contributed by atoms with Crippen LogP contribution in [0.3, 0.4) is 0 Å². The quantitative estimate of drug-likeness (QED) is 0.871. The van der Waals surface area contributed by atoms with Crippen LogP contribution in [-0.2, 0) is 11.3 Å². The van der Waals surface area contributed by atoms with Gasteiger partial charge in [-0.3, -0.25) is 4.79 Å². The molecule has 5 nitrogen and oxygen atoms in total. The van der Waals surface area contributed by atoms with E-state index >= 15 is 0 Å². The molecule has 19 heavy (non-hydrogen) atoms. The molecular formula is C13H17BrN2O3. The average molecular weight is 329 g/mol. The first-order valence-corrected chi connectivity index (χ1v) is 6.65. The van der Waals surface area contributed by atoms with Gasteiger partial charge in [0.25, 0.3) is 0 Å². The van der Waals surface area contributed by atoms with Gasteiger partial charge in [0, 0.05) is 24.6 Å². The van der Waals surface area contributed by atoms with Crippen molar-refractivity contribution in [1.82, 2.24) is 10.2 Å². The van der Waals surface area contributed by atoms with Crippen molar-refractivity contribution in [1.29, 1.82) is 0 Å². The lowest BCUT2D eigenvalue weighted by Gasteiger charge is -2.17. The van der Waals surface area contributed by atoms with Crippen molar-refractivity contribution in [2.45, 2.75) is 19.9 Å². The van der Waals surface area contributed by atoms with Gasteiger partial charge in [-0.15, -0.1) is 0 Å². The molecule has 2 amide bonds. The Kier molecular flexibility index (Phi) is 5.82. The van der Waals surface area contributed by atoms with E-state index in [4.69, 9.17) is 5.11 Å². The zero-order valence-corrected chi connectivity index (χ0v) is 12.5. The van der Waals surface area contributed by atoms with Crippen LogP contribution in [0.2, 0.25) is 0 Å². The molecule has 0 fully saturated rings. The van der Waals surface area contributed by atoms with Crippen molar-refractivity contribution >= 4 is 27.9 Å². The molecule has 0 unspecified atom stereocenters. The molecule has 0 bridgehead atoms. The number of urea groups is 1. The molecule has 1 aromatic rings. The molecule has 6 heteroatoms. The van der Waals surface area contributed by atoms with Crippen LogP contribution in [0.1, 0.15) is 17.5 Å². The molecule has 0 aliphatic heterocycles. The van der Waals surface area contributed by atoms with Crippen LogP contribution >= 0.6 is 15.9 Å².